The lowest BCUT2D eigenvalue weighted by molar-refractivity contribution is -0.131. The summed E-state index contributed by atoms with van der Waals surface area (Å²) in [5.74, 6) is 0.301. The lowest BCUT2D eigenvalue weighted by atomic mass is 10.0. The Hall–Kier alpha value is -4.15. The van der Waals surface area contributed by atoms with Gasteiger partial charge in [0.15, 0.2) is 0 Å². The van der Waals surface area contributed by atoms with Crippen molar-refractivity contribution in [2.75, 3.05) is 38.6 Å². The molecule has 3 aromatic rings. The van der Waals surface area contributed by atoms with Gasteiger partial charge in [-0.1, -0.05) is 5.21 Å². The van der Waals surface area contributed by atoms with Gasteiger partial charge in [-0.15, -0.1) is 5.10 Å². The number of ether oxygens (including phenoxy) is 1. The van der Waals surface area contributed by atoms with Gasteiger partial charge in [-0.05, 0) is 61.2 Å². The van der Waals surface area contributed by atoms with E-state index >= 15 is 0 Å². The number of amides is 4. The number of nitrogens with one attached hydrogen (secondary N) is 2. The van der Waals surface area contributed by atoms with Gasteiger partial charge in [-0.2, -0.15) is 0 Å². The maximum atomic E-state index is 12.9. The number of nitrogens with zero attached hydrogens (tertiary/aromatic N) is 5. The molecule has 0 unspecified atom stereocenters. The summed E-state index contributed by atoms with van der Waals surface area (Å²) in [6, 6.07) is 10.7. The van der Waals surface area contributed by atoms with Gasteiger partial charge < -0.3 is 25.2 Å². The Balaban J connectivity index is 1.12. The molecule has 1 aromatic heterocycles. The van der Waals surface area contributed by atoms with Crippen molar-refractivity contribution in [3.05, 3.63) is 47.5 Å². The summed E-state index contributed by atoms with van der Waals surface area (Å²) in [7, 11) is 3.41. The van der Waals surface area contributed by atoms with E-state index in [4.69, 9.17) is 4.74 Å². The zero-order valence-corrected chi connectivity index (χ0v) is 20.4. The first-order valence-electron chi connectivity index (χ1n) is 12.0. The summed E-state index contributed by atoms with van der Waals surface area (Å²) in [5.41, 5.74) is 3.74. The quantitative estimate of drug-likeness (QED) is 0.561. The van der Waals surface area contributed by atoms with Gasteiger partial charge in [0.05, 0.1) is 19.2 Å². The number of benzene rings is 2. The van der Waals surface area contributed by atoms with Crippen molar-refractivity contribution < 1.29 is 19.1 Å². The topological polar surface area (TPSA) is 122 Å². The van der Waals surface area contributed by atoms with Crippen LogP contribution < -0.4 is 15.4 Å². The Bertz CT molecular complexity index is 1310. The van der Waals surface area contributed by atoms with Crippen LogP contribution in [-0.4, -0.2) is 82.0 Å². The number of anilines is 1. The molecule has 2 aliphatic heterocycles. The first kappa shape index (κ1) is 23.6. The number of carbonyl (C=O) groups excluding carboxylic acids is 3. The van der Waals surface area contributed by atoms with Crippen LogP contribution in [0.4, 0.5) is 10.5 Å². The number of likely N-dealkylation sites (tertiary alicyclic amines) is 1. The second kappa shape index (κ2) is 9.84. The highest BCUT2D eigenvalue weighted by molar-refractivity contribution is 5.99. The highest BCUT2D eigenvalue weighted by atomic mass is 16.5. The third-order valence-electron chi connectivity index (χ3n) is 6.97. The summed E-state index contributed by atoms with van der Waals surface area (Å²) in [6.45, 7) is 1.60. The fourth-order valence-corrected chi connectivity index (χ4v) is 4.88. The summed E-state index contributed by atoms with van der Waals surface area (Å²) in [6.07, 6.45) is 2.11. The monoisotopic (exact) mass is 491 g/mol. The molecular formula is C25H29N7O4. The molecule has 1 saturated heterocycles. The van der Waals surface area contributed by atoms with Crippen molar-refractivity contribution in [3.8, 4) is 5.75 Å². The zero-order chi connectivity index (χ0) is 25.2. The third kappa shape index (κ3) is 4.68. The Kier molecular flexibility index (Phi) is 6.45. The number of hydrogen-bond donors (Lipinski definition) is 2. The standard InChI is InChI=1S/C25H29N7O4/c1-30-22-6-3-17(14-21(22)28-29-30)24(34)26-15-23(33)31-10-8-18(9-11-31)32-12-7-16-13-19(36-2)4-5-20(16)27-25(32)35/h3-6,13-14,18H,7-12,15H2,1-2H3,(H,26,34)(H,27,35). The molecule has 0 saturated carbocycles. The molecule has 36 heavy (non-hydrogen) atoms. The first-order chi connectivity index (χ1) is 17.4. The van der Waals surface area contributed by atoms with Gasteiger partial charge in [0.25, 0.3) is 5.91 Å². The van der Waals surface area contributed by atoms with E-state index in [0.717, 1.165) is 28.9 Å². The summed E-state index contributed by atoms with van der Waals surface area (Å²) in [4.78, 5) is 41.8. The smallest absolute Gasteiger partial charge is 0.322 e. The Labute approximate surface area is 208 Å². The second-order valence-corrected chi connectivity index (χ2v) is 9.11. The SMILES string of the molecule is COc1ccc2c(c1)CCN(C1CCN(C(=O)CNC(=O)c3ccc4c(c3)nnn4C)CC1)C(=O)N2. The Morgan fingerprint density at radius 1 is 1.14 bits per heavy atom. The number of fused-ring (bicyclic) bond motifs is 2. The second-order valence-electron chi connectivity index (χ2n) is 9.11. The minimum absolute atomic E-state index is 0.0542. The predicted octanol–water partition coefficient (Wildman–Crippen LogP) is 1.79. The normalized spacial score (nSPS) is 16.3. The number of piperidine rings is 1. The van der Waals surface area contributed by atoms with Gasteiger partial charge in [-0.3, -0.25) is 9.59 Å². The molecule has 3 heterocycles. The van der Waals surface area contributed by atoms with Crippen LogP contribution in [0.2, 0.25) is 0 Å². The molecule has 2 aliphatic rings. The number of aryl methyl sites for hydroxylation is 1. The van der Waals surface area contributed by atoms with Gasteiger partial charge in [0.2, 0.25) is 5.91 Å². The fraction of sp³-hybridized carbons (Fsp3) is 0.400. The molecular weight excluding hydrogens is 462 g/mol. The van der Waals surface area contributed by atoms with E-state index < -0.39 is 0 Å². The number of urea groups is 1. The molecule has 11 heteroatoms. The van der Waals surface area contributed by atoms with Gasteiger partial charge >= 0.3 is 6.03 Å². The Morgan fingerprint density at radius 3 is 2.72 bits per heavy atom. The molecule has 0 atom stereocenters. The van der Waals surface area contributed by atoms with E-state index in [2.05, 4.69) is 20.9 Å². The van der Waals surface area contributed by atoms with Crippen LogP contribution in [-0.2, 0) is 18.3 Å². The largest absolute Gasteiger partial charge is 0.497 e. The minimum atomic E-state index is -0.330. The molecule has 2 N–H and O–H groups in total. The van der Waals surface area contributed by atoms with Crippen LogP contribution in [0.5, 0.6) is 5.75 Å². The van der Waals surface area contributed by atoms with Crippen LogP contribution in [0.15, 0.2) is 36.4 Å². The van der Waals surface area contributed by atoms with Gasteiger partial charge in [0.1, 0.15) is 11.3 Å². The number of carbonyl (C=O) groups is 3. The zero-order valence-electron chi connectivity index (χ0n) is 20.4. The Morgan fingerprint density at radius 2 is 1.94 bits per heavy atom. The minimum Gasteiger partial charge on any atom is -0.497 e. The maximum absolute atomic E-state index is 12.9. The van der Waals surface area contributed by atoms with Crippen LogP contribution in [0.3, 0.4) is 0 Å². The fourth-order valence-electron chi connectivity index (χ4n) is 4.88. The van der Waals surface area contributed by atoms with E-state index in [-0.39, 0.29) is 30.4 Å². The molecule has 0 aliphatic carbocycles. The van der Waals surface area contributed by atoms with Crippen molar-refractivity contribution in [2.45, 2.75) is 25.3 Å². The van der Waals surface area contributed by atoms with Crippen molar-refractivity contribution >= 4 is 34.6 Å². The molecule has 0 spiro atoms. The average Bonchev–Trinajstić information content (AvgIpc) is 3.18. The van der Waals surface area contributed by atoms with Crippen LogP contribution in [0, 0.1) is 0 Å². The molecule has 1 fully saturated rings. The highest BCUT2D eigenvalue weighted by Crippen LogP contribution is 2.27. The molecule has 4 amide bonds. The number of rotatable bonds is 5. The van der Waals surface area contributed by atoms with E-state index in [1.54, 1.807) is 41.9 Å². The molecule has 5 rings (SSSR count). The lowest BCUT2D eigenvalue weighted by Gasteiger charge is -2.38. The molecule has 2 aromatic carbocycles. The third-order valence-corrected chi connectivity index (χ3v) is 6.97. The predicted molar refractivity (Wildman–Crippen MR) is 133 cm³/mol. The lowest BCUT2D eigenvalue weighted by Crippen LogP contribution is -2.51. The highest BCUT2D eigenvalue weighted by Gasteiger charge is 2.31. The van der Waals surface area contributed by atoms with Crippen molar-refractivity contribution in [1.82, 2.24) is 30.1 Å². The van der Waals surface area contributed by atoms with E-state index in [0.29, 0.717) is 43.6 Å². The van der Waals surface area contributed by atoms with Gasteiger partial charge in [-0.25, -0.2) is 9.48 Å². The van der Waals surface area contributed by atoms with E-state index in [1.165, 1.54) is 0 Å². The number of methoxy groups -OCH3 is 1. The summed E-state index contributed by atoms with van der Waals surface area (Å²) in [5, 5.41) is 13.7. The maximum Gasteiger partial charge on any atom is 0.322 e. The van der Waals surface area contributed by atoms with Crippen LogP contribution in [0.1, 0.15) is 28.8 Å². The summed E-state index contributed by atoms with van der Waals surface area (Å²) < 4.78 is 6.94. The summed E-state index contributed by atoms with van der Waals surface area (Å²) >= 11 is 0. The number of aromatic nitrogens is 3. The van der Waals surface area contributed by atoms with Crippen molar-refractivity contribution in [3.63, 3.8) is 0 Å². The van der Waals surface area contributed by atoms with Gasteiger partial charge in [0, 0.05) is 44.0 Å². The van der Waals surface area contributed by atoms with Crippen LogP contribution >= 0.6 is 0 Å². The average molecular weight is 492 g/mol. The number of hydrogen-bond acceptors (Lipinski definition) is 6. The molecule has 0 radical (unpaired) electrons. The van der Waals surface area contributed by atoms with Crippen molar-refractivity contribution in [2.24, 2.45) is 7.05 Å². The molecule has 0 bridgehead atoms. The van der Waals surface area contributed by atoms with Crippen LogP contribution in [0.25, 0.3) is 11.0 Å². The molecule has 11 nitrogen and oxygen atoms in total. The van der Waals surface area contributed by atoms with Crippen molar-refractivity contribution in [1.29, 1.82) is 0 Å². The first-order valence-corrected chi connectivity index (χ1v) is 12.0. The molecule has 188 valence electrons. The van der Waals surface area contributed by atoms with E-state index in [9.17, 15) is 14.4 Å². The van der Waals surface area contributed by atoms with E-state index in [1.807, 2.05) is 23.1 Å².